The zero-order chi connectivity index (χ0) is 13.2. The van der Waals surface area contributed by atoms with E-state index in [-0.39, 0.29) is 0 Å². The molecule has 1 unspecified atom stereocenters. The second kappa shape index (κ2) is 5.47. The highest BCUT2D eigenvalue weighted by atomic mass is 16.3. The van der Waals surface area contributed by atoms with E-state index < -0.39 is 6.10 Å². The fraction of sp³-hybridized carbons (Fsp3) is 0.667. The van der Waals surface area contributed by atoms with Crippen LogP contribution in [-0.2, 0) is 0 Å². The van der Waals surface area contributed by atoms with Gasteiger partial charge < -0.3 is 10.0 Å². The minimum Gasteiger partial charge on any atom is -0.387 e. The number of rotatable bonds is 4. The van der Waals surface area contributed by atoms with Crippen molar-refractivity contribution in [3.8, 4) is 0 Å². The number of hydrogen-bond acceptors (Lipinski definition) is 4. The first kappa shape index (κ1) is 12.9. The van der Waals surface area contributed by atoms with Gasteiger partial charge in [0.15, 0.2) is 0 Å². The summed E-state index contributed by atoms with van der Waals surface area (Å²) in [6.07, 6.45) is 4.28. The van der Waals surface area contributed by atoms with Gasteiger partial charge in [-0.25, -0.2) is 0 Å². The summed E-state index contributed by atoms with van der Waals surface area (Å²) in [5.74, 6) is 0.985. The summed E-state index contributed by atoms with van der Waals surface area (Å²) < 4.78 is 0. The fourth-order valence-electron chi connectivity index (χ4n) is 2.69. The van der Waals surface area contributed by atoms with Gasteiger partial charge in [-0.05, 0) is 37.8 Å². The van der Waals surface area contributed by atoms with Crippen LogP contribution >= 0.6 is 0 Å². The number of aliphatic hydroxyl groups excluding tert-OH is 1. The Morgan fingerprint density at radius 1 is 1.26 bits per heavy atom. The average Bonchev–Trinajstić information content (AvgIpc) is 3.24. The van der Waals surface area contributed by atoms with E-state index in [4.69, 9.17) is 0 Å². The molecule has 2 aliphatic rings. The Hall–Kier alpha value is -1.13. The van der Waals surface area contributed by atoms with E-state index in [0.717, 1.165) is 37.8 Å². The molecule has 1 aromatic rings. The van der Waals surface area contributed by atoms with Crippen molar-refractivity contribution in [1.29, 1.82) is 0 Å². The summed E-state index contributed by atoms with van der Waals surface area (Å²) in [5.41, 5.74) is 1.92. The van der Waals surface area contributed by atoms with Gasteiger partial charge in [0.05, 0.1) is 23.7 Å². The van der Waals surface area contributed by atoms with Crippen LogP contribution in [0.5, 0.6) is 0 Å². The molecule has 1 saturated carbocycles. The predicted molar refractivity (Wildman–Crippen MR) is 76.2 cm³/mol. The highest BCUT2D eigenvalue weighted by Crippen LogP contribution is 2.30. The summed E-state index contributed by atoms with van der Waals surface area (Å²) in [5, 5.41) is 9.47. The average molecular weight is 261 g/mol. The molecule has 1 atom stereocenters. The standard InChI is InChI=1S/C15H23N3O/c1-12(19)15-5-4-14(10-16-15)18-8-6-17(7-9-18)11-13-2-3-13/h4-5,10,12-13,19H,2-3,6-9,11H2,1H3. The van der Waals surface area contributed by atoms with Gasteiger partial charge in [0, 0.05) is 32.7 Å². The fourth-order valence-corrected chi connectivity index (χ4v) is 2.69. The van der Waals surface area contributed by atoms with Gasteiger partial charge in [0.2, 0.25) is 0 Å². The molecule has 1 aromatic heterocycles. The second-order valence-electron chi connectivity index (χ2n) is 5.85. The number of piperazine rings is 1. The van der Waals surface area contributed by atoms with Crippen LogP contribution in [0.15, 0.2) is 18.3 Å². The summed E-state index contributed by atoms with van der Waals surface area (Å²) in [7, 11) is 0. The minimum absolute atomic E-state index is 0.482. The van der Waals surface area contributed by atoms with E-state index in [0.29, 0.717) is 0 Å². The Kier molecular flexibility index (Phi) is 3.71. The van der Waals surface area contributed by atoms with Crippen molar-refractivity contribution in [1.82, 2.24) is 9.88 Å². The van der Waals surface area contributed by atoms with Crippen molar-refractivity contribution < 1.29 is 5.11 Å². The number of anilines is 1. The number of pyridine rings is 1. The maximum Gasteiger partial charge on any atom is 0.0931 e. The molecule has 1 aliphatic heterocycles. The Morgan fingerprint density at radius 3 is 2.53 bits per heavy atom. The molecule has 0 bridgehead atoms. The van der Waals surface area contributed by atoms with Crippen LogP contribution in [0.4, 0.5) is 5.69 Å². The molecule has 1 saturated heterocycles. The third kappa shape index (κ3) is 3.25. The third-order valence-corrected chi connectivity index (χ3v) is 4.15. The lowest BCUT2D eigenvalue weighted by molar-refractivity contribution is 0.194. The zero-order valence-corrected chi connectivity index (χ0v) is 11.6. The van der Waals surface area contributed by atoms with E-state index in [1.165, 1.54) is 25.1 Å². The van der Waals surface area contributed by atoms with E-state index in [9.17, 15) is 5.11 Å². The van der Waals surface area contributed by atoms with Gasteiger partial charge in [-0.1, -0.05) is 0 Å². The van der Waals surface area contributed by atoms with Gasteiger partial charge in [-0.3, -0.25) is 9.88 Å². The lowest BCUT2D eigenvalue weighted by Gasteiger charge is -2.36. The number of aromatic nitrogens is 1. The molecule has 4 heteroatoms. The minimum atomic E-state index is -0.482. The van der Waals surface area contributed by atoms with Gasteiger partial charge >= 0.3 is 0 Å². The van der Waals surface area contributed by atoms with E-state index in [1.54, 1.807) is 6.92 Å². The lowest BCUT2D eigenvalue weighted by atomic mass is 10.2. The number of aliphatic hydroxyl groups is 1. The van der Waals surface area contributed by atoms with E-state index in [2.05, 4.69) is 20.9 Å². The van der Waals surface area contributed by atoms with Crippen molar-refractivity contribution >= 4 is 5.69 Å². The van der Waals surface area contributed by atoms with Crippen LogP contribution in [0.2, 0.25) is 0 Å². The van der Waals surface area contributed by atoms with Gasteiger partial charge in [-0.2, -0.15) is 0 Å². The summed E-state index contributed by atoms with van der Waals surface area (Å²) in [6, 6.07) is 4.00. The van der Waals surface area contributed by atoms with E-state index >= 15 is 0 Å². The van der Waals surface area contributed by atoms with Crippen LogP contribution in [0.1, 0.15) is 31.6 Å². The molecule has 0 amide bonds. The molecular weight excluding hydrogens is 238 g/mol. The topological polar surface area (TPSA) is 39.6 Å². The molecule has 1 N–H and O–H groups in total. The summed E-state index contributed by atoms with van der Waals surface area (Å²) in [4.78, 5) is 9.31. The predicted octanol–water partition coefficient (Wildman–Crippen LogP) is 1.67. The largest absolute Gasteiger partial charge is 0.387 e. The maximum absolute atomic E-state index is 9.47. The first-order chi connectivity index (χ1) is 9.22. The third-order valence-electron chi connectivity index (χ3n) is 4.15. The van der Waals surface area contributed by atoms with Crippen LogP contribution < -0.4 is 4.90 Å². The van der Waals surface area contributed by atoms with Crippen molar-refractivity contribution in [2.24, 2.45) is 5.92 Å². The first-order valence-electron chi connectivity index (χ1n) is 7.33. The van der Waals surface area contributed by atoms with Crippen molar-refractivity contribution in [2.45, 2.75) is 25.9 Å². The molecule has 3 rings (SSSR count). The molecule has 104 valence electrons. The van der Waals surface area contributed by atoms with Crippen molar-refractivity contribution in [3.05, 3.63) is 24.0 Å². The first-order valence-corrected chi connectivity index (χ1v) is 7.33. The molecule has 2 heterocycles. The van der Waals surface area contributed by atoms with Crippen LogP contribution in [0.3, 0.4) is 0 Å². The maximum atomic E-state index is 9.47. The SMILES string of the molecule is CC(O)c1ccc(N2CCN(CC3CC3)CC2)cn1. The smallest absolute Gasteiger partial charge is 0.0931 e. The Bertz CT molecular complexity index is 406. The highest BCUT2D eigenvalue weighted by Gasteiger charge is 2.26. The Labute approximate surface area is 115 Å². The Balaban J connectivity index is 1.55. The van der Waals surface area contributed by atoms with E-state index in [1.807, 2.05) is 12.3 Å². The quantitative estimate of drug-likeness (QED) is 0.895. The second-order valence-corrected chi connectivity index (χ2v) is 5.85. The molecule has 0 radical (unpaired) electrons. The molecular formula is C15H23N3O. The zero-order valence-electron chi connectivity index (χ0n) is 11.6. The van der Waals surface area contributed by atoms with Gasteiger partial charge in [-0.15, -0.1) is 0 Å². The highest BCUT2D eigenvalue weighted by molar-refractivity contribution is 5.45. The molecule has 0 spiro atoms. The van der Waals surface area contributed by atoms with Crippen LogP contribution in [0, 0.1) is 5.92 Å². The summed E-state index contributed by atoms with van der Waals surface area (Å²) >= 11 is 0. The number of nitrogens with zero attached hydrogens (tertiary/aromatic N) is 3. The lowest BCUT2D eigenvalue weighted by Crippen LogP contribution is -2.47. The van der Waals surface area contributed by atoms with Gasteiger partial charge in [0.25, 0.3) is 0 Å². The van der Waals surface area contributed by atoms with Crippen molar-refractivity contribution in [3.63, 3.8) is 0 Å². The van der Waals surface area contributed by atoms with Crippen LogP contribution in [-0.4, -0.2) is 47.7 Å². The monoisotopic (exact) mass is 261 g/mol. The molecule has 1 aliphatic carbocycles. The molecule has 19 heavy (non-hydrogen) atoms. The molecule has 2 fully saturated rings. The normalized spacial score (nSPS) is 22.5. The molecule has 0 aromatic carbocycles. The van der Waals surface area contributed by atoms with Crippen LogP contribution in [0.25, 0.3) is 0 Å². The number of hydrogen-bond donors (Lipinski definition) is 1. The summed E-state index contributed by atoms with van der Waals surface area (Å²) in [6.45, 7) is 7.54. The van der Waals surface area contributed by atoms with Crippen molar-refractivity contribution in [2.75, 3.05) is 37.6 Å². The molecule has 4 nitrogen and oxygen atoms in total. The van der Waals surface area contributed by atoms with Gasteiger partial charge in [0.1, 0.15) is 0 Å². The Morgan fingerprint density at radius 2 is 2.00 bits per heavy atom.